The van der Waals surface area contributed by atoms with Crippen LogP contribution in [0.25, 0.3) is 5.78 Å². The second kappa shape index (κ2) is 4.60. The molecule has 0 bridgehead atoms. The monoisotopic (exact) mass is 177 g/mol. The maximum atomic E-state index is 4.09. The molecule has 0 radical (unpaired) electrons. The molecule has 0 amide bonds. The van der Waals surface area contributed by atoms with Gasteiger partial charge in [0.25, 0.3) is 0 Å². The van der Waals surface area contributed by atoms with E-state index in [2.05, 4.69) is 23.8 Å². The molecule has 0 N–H and O–H groups in total. The van der Waals surface area contributed by atoms with Gasteiger partial charge < -0.3 is 0 Å². The van der Waals surface area contributed by atoms with Crippen LogP contribution in [0.3, 0.4) is 0 Å². The minimum Gasteiger partial charge on any atom is -0.291 e. The highest BCUT2D eigenvalue weighted by Gasteiger charge is 1.91. The summed E-state index contributed by atoms with van der Waals surface area (Å²) in [7, 11) is 0. The summed E-state index contributed by atoms with van der Waals surface area (Å²) in [4.78, 5) is 8.10. The second-order valence-corrected chi connectivity index (χ2v) is 2.97. The van der Waals surface area contributed by atoms with Crippen molar-refractivity contribution < 1.29 is 0 Å². The predicted octanol–water partition coefficient (Wildman–Crippen LogP) is 2.45. The van der Waals surface area contributed by atoms with Gasteiger partial charge in [0, 0.05) is 24.8 Å². The van der Waals surface area contributed by atoms with Crippen LogP contribution in [0.1, 0.15) is 25.8 Å². The van der Waals surface area contributed by atoms with Gasteiger partial charge in [-0.1, -0.05) is 20.3 Å². The Labute approximate surface area is 78.5 Å². The molecule has 2 heterocycles. The zero-order valence-electron chi connectivity index (χ0n) is 8.36. The third-order valence-electron chi connectivity index (χ3n) is 1.37. The fourth-order valence-electron chi connectivity index (χ4n) is 0.918. The van der Waals surface area contributed by atoms with Crippen molar-refractivity contribution in [1.29, 1.82) is 0 Å². The highest BCUT2D eigenvalue weighted by Crippen LogP contribution is 1.97. The first-order valence-electron chi connectivity index (χ1n) is 4.53. The molecule has 0 aliphatic heterocycles. The van der Waals surface area contributed by atoms with Crippen LogP contribution >= 0.6 is 0 Å². The van der Waals surface area contributed by atoms with Gasteiger partial charge in [-0.15, -0.1) is 0 Å². The van der Waals surface area contributed by atoms with Crippen molar-refractivity contribution in [3.8, 4) is 0 Å². The number of aryl methyl sites for hydroxylation is 1. The lowest BCUT2D eigenvalue weighted by Gasteiger charge is -1.91. The normalized spacial score (nSPS) is 9.46. The number of imidazole rings is 1. The average molecular weight is 177 g/mol. The molecular weight excluding hydrogens is 162 g/mol. The van der Waals surface area contributed by atoms with Gasteiger partial charge in [0.15, 0.2) is 0 Å². The van der Waals surface area contributed by atoms with Crippen molar-refractivity contribution in [2.45, 2.75) is 27.2 Å². The lowest BCUT2D eigenvalue weighted by Crippen LogP contribution is -1.87. The smallest absolute Gasteiger partial charge is 0.233 e. The van der Waals surface area contributed by atoms with Gasteiger partial charge in [-0.2, -0.15) is 0 Å². The molecule has 0 saturated carbocycles. The van der Waals surface area contributed by atoms with Gasteiger partial charge in [-0.05, 0) is 12.5 Å². The van der Waals surface area contributed by atoms with Crippen LogP contribution in [0, 0.1) is 6.92 Å². The van der Waals surface area contributed by atoms with Crippen LogP contribution < -0.4 is 0 Å². The number of fused-ring (bicyclic) bond motifs is 1. The molecule has 0 saturated heterocycles. The number of rotatable bonds is 0. The van der Waals surface area contributed by atoms with E-state index in [1.807, 2.05) is 29.9 Å². The zero-order valence-corrected chi connectivity index (χ0v) is 8.36. The van der Waals surface area contributed by atoms with Crippen LogP contribution in [0.5, 0.6) is 0 Å². The molecule has 2 aromatic rings. The standard InChI is InChI=1S/C7H7N3.C3H8/c1-6-4-9-7-8-2-3-10(7)5-6;1-3-2/h2-5H,1H3;3H2,1-2H3. The van der Waals surface area contributed by atoms with E-state index >= 15 is 0 Å². The summed E-state index contributed by atoms with van der Waals surface area (Å²) in [5.41, 5.74) is 1.14. The molecule has 0 atom stereocenters. The van der Waals surface area contributed by atoms with Gasteiger partial charge in [0.1, 0.15) is 0 Å². The van der Waals surface area contributed by atoms with Crippen molar-refractivity contribution in [1.82, 2.24) is 14.4 Å². The molecule has 2 rings (SSSR count). The number of hydrogen-bond acceptors (Lipinski definition) is 2. The van der Waals surface area contributed by atoms with Crippen molar-refractivity contribution in [2.75, 3.05) is 0 Å². The SMILES string of the molecule is CCC.Cc1cnc2nccn2c1. The predicted molar refractivity (Wildman–Crippen MR) is 53.7 cm³/mol. The van der Waals surface area contributed by atoms with Gasteiger partial charge in [0.2, 0.25) is 5.78 Å². The third kappa shape index (κ3) is 2.54. The van der Waals surface area contributed by atoms with E-state index in [0.717, 1.165) is 11.3 Å². The average Bonchev–Trinajstić information content (AvgIpc) is 2.52. The molecule has 0 unspecified atom stereocenters. The van der Waals surface area contributed by atoms with Crippen LogP contribution in [0.2, 0.25) is 0 Å². The Morgan fingerprint density at radius 1 is 1.31 bits per heavy atom. The van der Waals surface area contributed by atoms with Crippen LogP contribution in [0.15, 0.2) is 24.8 Å². The Balaban J connectivity index is 0.000000251. The molecule has 3 heteroatoms. The summed E-state index contributed by atoms with van der Waals surface area (Å²) in [5.74, 6) is 0.755. The van der Waals surface area contributed by atoms with E-state index in [1.54, 1.807) is 6.20 Å². The maximum Gasteiger partial charge on any atom is 0.233 e. The Hall–Kier alpha value is -1.38. The molecule has 0 aromatic carbocycles. The quantitative estimate of drug-likeness (QED) is 0.618. The molecule has 0 aliphatic rings. The molecule has 70 valence electrons. The Kier molecular flexibility index (Phi) is 3.43. The molecule has 3 nitrogen and oxygen atoms in total. The maximum absolute atomic E-state index is 4.09. The van der Waals surface area contributed by atoms with E-state index in [4.69, 9.17) is 0 Å². The van der Waals surface area contributed by atoms with Crippen LogP contribution in [-0.2, 0) is 0 Å². The van der Waals surface area contributed by atoms with Gasteiger partial charge in [0.05, 0.1) is 0 Å². The first kappa shape index (κ1) is 9.71. The Morgan fingerprint density at radius 3 is 2.69 bits per heavy atom. The number of hydrogen-bond donors (Lipinski definition) is 0. The van der Waals surface area contributed by atoms with Crippen molar-refractivity contribution in [3.63, 3.8) is 0 Å². The fourth-order valence-corrected chi connectivity index (χ4v) is 0.918. The molecule has 0 spiro atoms. The summed E-state index contributed by atoms with van der Waals surface area (Å²) >= 11 is 0. The van der Waals surface area contributed by atoms with E-state index in [1.165, 1.54) is 6.42 Å². The summed E-state index contributed by atoms with van der Waals surface area (Å²) in [6, 6.07) is 0. The highest BCUT2D eigenvalue weighted by atomic mass is 15.1. The van der Waals surface area contributed by atoms with Gasteiger partial charge in [-0.3, -0.25) is 4.40 Å². The Morgan fingerprint density at radius 2 is 2.00 bits per heavy atom. The van der Waals surface area contributed by atoms with E-state index < -0.39 is 0 Å². The zero-order chi connectivity index (χ0) is 9.68. The molecule has 13 heavy (non-hydrogen) atoms. The van der Waals surface area contributed by atoms with Gasteiger partial charge in [-0.25, -0.2) is 9.97 Å². The molecular formula is C10H15N3. The number of aromatic nitrogens is 3. The largest absolute Gasteiger partial charge is 0.291 e. The van der Waals surface area contributed by atoms with Crippen LogP contribution in [-0.4, -0.2) is 14.4 Å². The lowest BCUT2D eigenvalue weighted by atomic mass is 10.4. The van der Waals surface area contributed by atoms with Gasteiger partial charge >= 0.3 is 0 Å². The van der Waals surface area contributed by atoms with Crippen molar-refractivity contribution in [2.24, 2.45) is 0 Å². The second-order valence-electron chi connectivity index (χ2n) is 2.97. The topological polar surface area (TPSA) is 30.2 Å². The first-order valence-corrected chi connectivity index (χ1v) is 4.53. The van der Waals surface area contributed by atoms with Crippen molar-refractivity contribution >= 4 is 5.78 Å². The molecule has 0 fully saturated rings. The fraction of sp³-hybridized carbons (Fsp3) is 0.400. The van der Waals surface area contributed by atoms with Crippen molar-refractivity contribution in [3.05, 3.63) is 30.4 Å². The lowest BCUT2D eigenvalue weighted by molar-refractivity contribution is 1.08. The third-order valence-corrected chi connectivity index (χ3v) is 1.37. The molecule has 2 aromatic heterocycles. The highest BCUT2D eigenvalue weighted by molar-refractivity contribution is 5.27. The Bertz CT molecular complexity index is 365. The summed E-state index contributed by atoms with van der Waals surface area (Å²) in [6.45, 7) is 6.26. The number of nitrogens with zero attached hydrogens (tertiary/aromatic N) is 3. The minimum atomic E-state index is 0.755. The van der Waals surface area contributed by atoms with E-state index in [-0.39, 0.29) is 0 Å². The van der Waals surface area contributed by atoms with Crippen LogP contribution in [0.4, 0.5) is 0 Å². The van der Waals surface area contributed by atoms with E-state index in [0.29, 0.717) is 0 Å². The first-order chi connectivity index (χ1) is 6.27. The summed E-state index contributed by atoms with van der Waals surface area (Å²) in [6.07, 6.45) is 8.68. The summed E-state index contributed by atoms with van der Waals surface area (Å²) in [5, 5.41) is 0. The summed E-state index contributed by atoms with van der Waals surface area (Å²) < 4.78 is 1.90. The van der Waals surface area contributed by atoms with E-state index in [9.17, 15) is 0 Å². The minimum absolute atomic E-state index is 0.755. The molecule has 0 aliphatic carbocycles.